The number of esters is 1. The summed E-state index contributed by atoms with van der Waals surface area (Å²) in [5.74, 6) is -0.391. The summed E-state index contributed by atoms with van der Waals surface area (Å²) in [5, 5.41) is 8.74. The molecule has 114 valence electrons. The molecule has 1 aromatic carbocycles. The second kappa shape index (κ2) is 7.41. The molecule has 0 aliphatic rings. The molecule has 0 N–H and O–H groups in total. The van der Waals surface area contributed by atoms with Crippen LogP contribution in [-0.4, -0.2) is 39.4 Å². The van der Waals surface area contributed by atoms with Crippen molar-refractivity contribution in [3.63, 3.8) is 0 Å². The van der Waals surface area contributed by atoms with Crippen molar-refractivity contribution in [1.82, 2.24) is 4.31 Å². The maximum atomic E-state index is 12.3. The molecule has 1 rings (SSSR count). The fourth-order valence-electron chi connectivity index (χ4n) is 1.62. The van der Waals surface area contributed by atoms with Crippen LogP contribution < -0.4 is 0 Å². The van der Waals surface area contributed by atoms with Crippen LogP contribution in [-0.2, 0) is 19.6 Å². The Kier molecular flexibility index (Phi) is 6.15. The lowest BCUT2D eigenvalue weighted by atomic mass is 10.2. The van der Waals surface area contributed by atoms with E-state index in [1.165, 1.54) is 32.4 Å². The van der Waals surface area contributed by atoms with Crippen molar-refractivity contribution < 1.29 is 17.9 Å². The Morgan fingerprint density at radius 2 is 2.14 bits per heavy atom. The topological polar surface area (TPSA) is 87.5 Å². The lowest BCUT2D eigenvalue weighted by Gasteiger charge is -2.17. The van der Waals surface area contributed by atoms with E-state index < -0.39 is 16.0 Å². The van der Waals surface area contributed by atoms with Crippen LogP contribution in [0.15, 0.2) is 23.1 Å². The summed E-state index contributed by atoms with van der Waals surface area (Å²) >= 11 is 5.91. The molecule has 0 unspecified atom stereocenters. The van der Waals surface area contributed by atoms with Crippen molar-refractivity contribution in [2.75, 3.05) is 20.7 Å². The van der Waals surface area contributed by atoms with E-state index in [-0.39, 0.29) is 28.4 Å². The summed E-state index contributed by atoms with van der Waals surface area (Å²) < 4.78 is 30.3. The third-order valence-corrected chi connectivity index (χ3v) is 5.17. The van der Waals surface area contributed by atoms with Gasteiger partial charge in [-0.2, -0.15) is 5.26 Å². The molecule has 0 bridgehead atoms. The molecule has 0 atom stereocenters. The molecule has 0 saturated heterocycles. The van der Waals surface area contributed by atoms with Crippen LogP contribution in [0.4, 0.5) is 0 Å². The van der Waals surface area contributed by atoms with E-state index in [4.69, 9.17) is 16.9 Å². The van der Waals surface area contributed by atoms with Crippen molar-refractivity contribution >= 4 is 27.6 Å². The van der Waals surface area contributed by atoms with E-state index in [2.05, 4.69) is 4.74 Å². The highest BCUT2D eigenvalue weighted by Crippen LogP contribution is 2.25. The van der Waals surface area contributed by atoms with Crippen LogP contribution in [0.1, 0.15) is 18.4 Å². The Balaban J connectivity index is 2.85. The Hall–Kier alpha value is -1.62. The fourth-order valence-corrected chi connectivity index (χ4v) is 3.34. The standard InChI is InChI=1S/C13H15ClN2O4S/c1-16(7-3-4-13(17)20-2)21(18,19)12-6-5-10(9-15)8-11(12)14/h5-6,8H,3-4,7H2,1-2H3. The van der Waals surface area contributed by atoms with Gasteiger partial charge in [-0.3, -0.25) is 4.79 Å². The highest BCUT2D eigenvalue weighted by Gasteiger charge is 2.23. The van der Waals surface area contributed by atoms with E-state index in [9.17, 15) is 13.2 Å². The Morgan fingerprint density at radius 3 is 2.67 bits per heavy atom. The fraction of sp³-hybridized carbons (Fsp3) is 0.385. The molecule has 21 heavy (non-hydrogen) atoms. The number of hydrogen-bond acceptors (Lipinski definition) is 5. The first-order valence-electron chi connectivity index (χ1n) is 6.05. The van der Waals surface area contributed by atoms with Crippen molar-refractivity contribution in [3.8, 4) is 6.07 Å². The van der Waals surface area contributed by atoms with Crippen LogP contribution in [0.25, 0.3) is 0 Å². The summed E-state index contributed by atoms with van der Waals surface area (Å²) in [4.78, 5) is 10.9. The van der Waals surface area contributed by atoms with Crippen LogP contribution in [0.5, 0.6) is 0 Å². The molecule has 6 nitrogen and oxygen atoms in total. The zero-order valence-electron chi connectivity index (χ0n) is 11.7. The van der Waals surface area contributed by atoms with Gasteiger partial charge in [0.2, 0.25) is 10.0 Å². The van der Waals surface area contributed by atoms with Gasteiger partial charge >= 0.3 is 5.97 Å². The van der Waals surface area contributed by atoms with Crippen LogP contribution in [0.2, 0.25) is 5.02 Å². The van der Waals surface area contributed by atoms with Crippen molar-refractivity contribution in [3.05, 3.63) is 28.8 Å². The molecule has 8 heteroatoms. The predicted octanol–water partition coefficient (Wildman–Crippen LogP) is 1.79. The van der Waals surface area contributed by atoms with E-state index in [0.29, 0.717) is 6.42 Å². The second-order valence-electron chi connectivity index (χ2n) is 4.26. The molecule has 0 fully saturated rings. The van der Waals surface area contributed by atoms with Gasteiger partial charge in [-0.25, -0.2) is 12.7 Å². The number of nitriles is 1. The maximum absolute atomic E-state index is 12.3. The molecular formula is C13H15ClN2O4S. The number of methoxy groups -OCH3 is 1. The Morgan fingerprint density at radius 1 is 1.48 bits per heavy atom. The first-order valence-corrected chi connectivity index (χ1v) is 7.87. The zero-order valence-corrected chi connectivity index (χ0v) is 13.2. The third kappa shape index (κ3) is 4.43. The number of rotatable bonds is 6. The van der Waals surface area contributed by atoms with Gasteiger partial charge in [0.05, 0.1) is 23.8 Å². The van der Waals surface area contributed by atoms with Gasteiger partial charge in [-0.15, -0.1) is 0 Å². The number of carbonyl (C=O) groups excluding carboxylic acids is 1. The van der Waals surface area contributed by atoms with E-state index in [1.807, 2.05) is 6.07 Å². The van der Waals surface area contributed by atoms with Gasteiger partial charge in [0, 0.05) is 20.0 Å². The Labute approximate surface area is 128 Å². The molecule has 0 radical (unpaired) electrons. The molecule has 0 aromatic heterocycles. The largest absolute Gasteiger partial charge is 0.469 e. The monoisotopic (exact) mass is 330 g/mol. The van der Waals surface area contributed by atoms with Gasteiger partial charge < -0.3 is 4.74 Å². The molecule has 1 aromatic rings. The molecule has 0 aliphatic carbocycles. The van der Waals surface area contributed by atoms with Crippen LogP contribution in [0.3, 0.4) is 0 Å². The minimum atomic E-state index is -3.76. The van der Waals surface area contributed by atoms with Gasteiger partial charge in [0.25, 0.3) is 0 Å². The van der Waals surface area contributed by atoms with E-state index in [0.717, 1.165) is 4.31 Å². The minimum absolute atomic E-state index is 0.00568. The van der Waals surface area contributed by atoms with Gasteiger partial charge in [-0.1, -0.05) is 11.6 Å². The first kappa shape index (κ1) is 17.4. The number of hydrogen-bond donors (Lipinski definition) is 0. The minimum Gasteiger partial charge on any atom is -0.469 e. The Bertz CT molecular complexity index is 667. The molecule has 0 heterocycles. The molecule has 0 aliphatic heterocycles. The molecule has 0 amide bonds. The second-order valence-corrected chi connectivity index (χ2v) is 6.68. The van der Waals surface area contributed by atoms with Crippen LogP contribution in [0, 0.1) is 11.3 Å². The number of ether oxygens (including phenoxy) is 1. The van der Waals surface area contributed by atoms with E-state index in [1.54, 1.807) is 0 Å². The zero-order chi connectivity index (χ0) is 16.0. The van der Waals surface area contributed by atoms with Crippen molar-refractivity contribution in [2.45, 2.75) is 17.7 Å². The van der Waals surface area contributed by atoms with Crippen LogP contribution >= 0.6 is 11.6 Å². The summed E-state index contributed by atoms with van der Waals surface area (Å²) in [6, 6.07) is 5.88. The average molecular weight is 331 g/mol. The summed E-state index contributed by atoms with van der Waals surface area (Å²) in [6.07, 6.45) is 0.480. The smallest absolute Gasteiger partial charge is 0.305 e. The van der Waals surface area contributed by atoms with E-state index >= 15 is 0 Å². The average Bonchev–Trinajstić information content (AvgIpc) is 2.46. The summed E-state index contributed by atoms with van der Waals surface area (Å²) in [5.41, 5.74) is 0.285. The number of nitrogens with zero attached hydrogens (tertiary/aromatic N) is 2. The lowest BCUT2D eigenvalue weighted by molar-refractivity contribution is -0.140. The van der Waals surface area contributed by atoms with Gasteiger partial charge in [0.15, 0.2) is 0 Å². The van der Waals surface area contributed by atoms with Gasteiger partial charge in [-0.05, 0) is 24.6 Å². The number of halogens is 1. The molecule has 0 saturated carbocycles. The van der Waals surface area contributed by atoms with Crippen molar-refractivity contribution in [1.29, 1.82) is 5.26 Å². The first-order chi connectivity index (χ1) is 9.82. The number of benzene rings is 1. The number of sulfonamides is 1. The molecular weight excluding hydrogens is 316 g/mol. The SMILES string of the molecule is COC(=O)CCCN(C)S(=O)(=O)c1ccc(C#N)cc1Cl. The summed E-state index contributed by atoms with van der Waals surface area (Å²) in [6.45, 7) is 0.160. The normalized spacial score (nSPS) is 11.2. The summed E-state index contributed by atoms with van der Waals surface area (Å²) in [7, 11) is -1.08. The third-order valence-electron chi connectivity index (χ3n) is 2.83. The predicted molar refractivity (Wildman–Crippen MR) is 77.2 cm³/mol. The number of carbonyl (C=O) groups is 1. The highest BCUT2D eigenvalue weighted by molar-refractivity contribution is 7.89. The lowest BCUT2D eigenvalue weighted by Crippen LogP contribution is -2.28. The maximum Gasteiger partial charge on any atom is 0.305 e. The molecule has 0 spiro atoms. The highest BCUT2D eigenvalue weighted by atomic mass is 35.5. The van der Waals surface area contributed by atoms with Crippen molar-refractivity contribution in [2.24, 2.45) is 0 Å². The van der Waals surface area contributed by atoms with Gasteiger partial charge in [0.1, 0.15) is 4.90 Å². The quantitative estimate of drug-likeness (QED) is 0.742.